The normalized spacial score (nSPS) is 23.7. The fourth-order valence-electron chi connectivity index (χ4n) is 5.22. The number of nitrogens with one attached hydrogen (secondary N) is 3. The van der Waals surface area contributed by atoms with Crippen LogP contribution in [0, 0.1) is 0 Å². The molecule has 0 radical (unpaired) electrons. The van der Waals surface area contributed by atoms with E-state index in [1.807, 2.05) is 30.3 Å². The SMILES string of the molecule is O=C(CCCCCNC(=O)OCc1ccccc1)NC[C@H]1O[C@@H](n2cnc3c(=O)[nH]c(C4CCCCO4)nc32)[C@H](O)[C@@H]1O. The third kappa shape index (κ3) is 7.76. The van der Waals surface area contributed by atoms with Crippen LogP contribution in [0.2, 0.25) is 0 Å². The van der Waals surface area contributed by atoms with E-state index in [2.05, 4.69) is 25.6 Å². The zero-order valence-electron chi connectivity index (χ0n) is 23.8. The molecule has 14 heteroatoms. The Morgan fingerprint density at radius 2 is 1.93 bits per heavy atom. The minimum absolute atomic E-state index is 0.00975. The molecule has 2 amide bonds. The highest BCUT2D eigenvalue weighted by molar-refractivity contribution is 5.75. The molecule has 2 fully saturated rings. The largest absolute Gasteiger partial charge is 0.445 e. The highest BCUT2D eigenvalue weighted by Crippen LogP contribution is 2.32. The Labute approximate surface area is 247 Å². The molecule has 0 bridgehead atoms. The van der Waals surface area contributed by atoms with Gasteiger partial charge in [-0.25, -0.2) is 14.8 Å². The number of H-pyrrole nitrogens is 1. The van der Waals surface area contributed by atoms with E-state index in [0.29, 0.717) is 31.8 Å². The summed E-state index contributed by atoms with van der Waals surface area (Å²) in [5.41, 5.74) is 0.782. The van der Waals surface area contributed by atoms with Crippen LogP contribution in [0.1, 0.15) is 68.7 Å². The number of unbranched alkanes of at least 4 members (excludes halogenated alkanes) is 2. The number of imidazole rings is 1. The zero-order chi connectivity index (χ0) is 30.2. The number of aliphatic hydroxyl groups is 2. The van der Waals surface area contributed by atoms with Crippen LogP contribution in [0.4, 0.5) is 4.79 Å². The topological polar surface area (TPSA) is 190 Å². The van der Waals surface area contributed by atoms with Gasteiger partial charge in [0.2, 0.25) is 5.91 Å². The Hall–Kier alpha value is -3.85. The quantitative estimate of drug-likeness (QED) is 0.191. The standard InChI is InChI=1S/C29H38N6O8/c36-21(12-5-2-7-13-30-29(40)42-16-18-9-3-1-4-10-18)31-15-20-23(37)24(38)28(43-20)35-17-32-22-26(35)33-25(34-27(22)39)19-11-6-8-14-41-19/h1,3-4,9-10,17,19-20,23-24,28,37-38H,2,5-8,11-16H2,(H,30,40)(H,31,36)(H,33,34,39)/t19?,20-,23-,24-,28-/m1/s1. The molecule has 0 saturated carbocycles. The Bertz CT molecular complexity index is 1420. The number of hydrogen-bond donors (Lipinski definition) is 5. The van der Waals surface area contributed by atoms with Crippen molar-refractivity contribution >= 4 is 23.2 Å². The van der Waals surface area contributed by atoms with Crippen molar-refractivity contribution in [2.45, 2.75) is 82.2 Å². The van der Waals surface area contributed by atoms with Gasteiger partial charge < -0.3 is 40.0 Å². The van der Waals surface area contributed by atoms with Crippen LogP contribution in [0.25, 0.3) is 11.2 Å². The highest BCUT2D eigenvalue weighted by Gasteiger charge is 2.44. The molecule has 2 aliphatic heterocycles. The van der Waals surface area contributed by atoms with Crippen molar-refractivity contribution in [1.29, 1.82) is 0 Å². The van der Waals surface area contributed by atoms with E-state index >= 15 is 0 Å². The Morgan fingerprint density at radius 1 is 1.09 bits per heavy atom. The van der Waals surface area contributed by atoms with E-state index < -0.39 is 36.2 Å². The van der Waals surface area contributed by atoms with Crippen molar-refractivity contribution in [3.05, 3.63) is 58.4 Å². The third-order valence-corrected chi connectivity index (χ3v) is 7.61. The smallest absolute Gasteiger partial charge is 0.407 e. The van der Waals surface area contributed by atoms with Gasteiger partial charge in [0.05, 0.1) is 6.33 Å². The molecule has 3 aromatic rings. The average molecular weight is 599 g/mol. The summed E-state index contributed by atoms with van der Waals surface area (Å²) in [4.78, 5) is 48.3. The van der Waals surface area contributed by atoms with Crippen molar-refractivity contribution in [3.63, 3.8) is 0 Å². The van der Waals surface area contributed by atoms with Gasteiger partial charge in [0.15, 0.2) is 17.4 Å². The van der Waals surface area contributed by atoms with Gasteiger partial charge in [-0.05, 0) is 37.7 Å². The molecular weight excluding hydrogens is 560 g/mol. The molecule has 43 heavy (non-hydrogen) atoms. The number of rotatable bonds is 12. The molecule has 1 aromatic carbocycles. The van der Waals surface area contributed by atoms with Gasteiger partial charge in [-0.3, -0.25) is 14.2 Å². The van der Waals surface area contributed by atoms with Crippen LogP contribution >= 0.6 is 0 Å². The second-order valence-corrected chi connectivity index (χ2v) is 10.8. The van der Waals surface area contributed by atoms with Crippen molar-refractivity contribution in [2.75, 3.05) is 19.7 Å². The van der Waals surface area contributed by atoms with E-state index in [9.17, 15) is 24.6 Å². The lowest BCUT2D eigenvalue weighted by molar-refractivity contribution is -0.122. The van der Waals surface area contributed by atoms with Crippen LogP contribution in [0.3, 0.4) is 0 Å². The number of fused-ring (bicyclic) bond motifs is 1. The lowest BCUT2D eigenvalue weighted by Gasteiger charge is -2.22. The van der Waals surface area contributed by atoms with Crippen molar-refractivity contribution in [3.8, 4) is 0 Å². The minimum atomic E-state index is -1.33. The summed E-state index contributed by atoms with van der Waals surface area (Å²) >= 11 is 0. The van der Waals surface area contributed by atoms with Gasteiger partial charge in [-0.1, -0.05) is 36.8 Å². The molecule has 2 aromatic heterocycles. The average Bonchev–Trinajstić information content (AvgIpc) is 3.58. The fourth-order valence-corrected chi connectivity index (χ4v) is 5.22. The van der Waals surface area contributed by atoms with Gasteiger partial charge >= 0.3 is 6.09 Å². The molecule has 5 N–H and O–H groups in total. The number of carbonyl (C=O) groups is 2. The second-order valence-electron chi connectivity index (χ2n) is 10.8. The number of amides is 2. The summed E-state index contributed by atoms with van der Waals surface area (Å²) in [5, 5.41) is 26.8. The van der Waals surface area contributed by atoms with Crippen LogP contribution in [0.5, 0.6) is 0 Å². The maximum absolute atomic E-state index is 12.7. The molecule has 4 heterocycles. The minimum Gasteiger partial charge on any atom is -0.445 e. The van der Waals surface area contributed by atoms with Gasteiger partial charge in [0.25, 0.3) is 5.56 Å². The van der Waals surface area contributed by atoms with Gasteiger partial charge in [0, 0.05) is 26.1 Å². The molecule has 232 valence electrons. The predicted octanol–water partition coefficient (Wildman–Crippen LogP) is 1.58. The molecular formula is C29H38N6O8. The third-order valence-electron chi connectivity index (χ3n) is 7.61. The predicted molar refractivity (Wildman–Crippen MR) is 153 cm³/mol. The Balaban J connectivity index is 1.04. The van der Waals surface area contributed by atoms with E-state index in [0.717, 1.165) is 31.2 Å². The summed E-state index contributed by atoms with van der Waals surface area (Å²) in [6.07, 6.45) is 0.905. The number of aromatic amines is 1. The van der Waals surface area contributed by atoms with Gasteiger partial charge in [0.1, 0.15) is 36.8 Å². The molecule has 14 nitrogen and oxygen atoms in total. The van der Waals surface area contributed by atoms with Crippen LogP contribution in [0.15, 0.2) is 41.5 Å². The van der Waals surface area contributed by atoms with E-state index in [4.69, 9.17) is 14.2 Å². The molecule has 1 unspecified atom stereocenters. The number of benzene rings is 1. The zero-order valence-corrected chi connectivity index (χ0v) is 23.8. The van der Waals surface area contributed by atoms with Crippen LogP contribution in [-0.4, -0.2) is 79.7 Å². The molecule has 5 rings (SSSR count). The number of alkyl carbamates (subject to hydrolysis) is 1. The summed E-state index contributed by atoms with van der Waals surface area (Å²) in [6, 6.07) is 9.41. The first-order chi connectivity index (χ1) is 20.9. The number of aliphatic hydroxyl groups excluding tert-OH is 2. The second kappa shape index (κ2) is 14.6. The molecule has 0 spiro atoms. The van der Waals surface area contributed by atoms with Crippen molar-refractivity contribution in [1.82, 2.24) is 30.2 Å². The Kier molecular flexibility index (Phi) is 10.4. The number of aromatic nitrogens is 4. The molecule has 0 aliphatic carbocycles. The number of nitrogens with zero attached hydrogens (tertiary/aromatic N) is 3. The summed E-state index contributed by atoms with van der Waals surface area (Å²) in [5.74, 6) is 0.164. The number of hydrogen-bond acceptors (Lipinski definition) is 10. The lowest BCUT2D eigenvalue weighted by atomic mass is 10.1. The summed E-state index contributed by atoms with van der Waals surface area (Å²) in [7, 11) is 0. The molecule has 2 saturated heterocycles. The first-order valence-corrected chi connectivity index (χ1v) is 14.7. The molecule has 5 atom stereocenters. The molecule has 2 aliphatic rings. The highest BCUT2D eigenvalue weighted by atomic mass is 16.6. The van der Waals surface area contributed by atoms with Crippen LogP contribution in [-0.2, 0) is 25.6 Å². The van der Waals surface area contributed by atoms with Crippen molar-refractivity contribution in [2.24, 2.45) is 0 Å². The van der Waals surface area contributed by atoms with E-state index in [-0.39, 0.29) is 42.7 Å². The van der Waals surface area contributed by atoms with Crippen molar-refractivity contribution < 1.29 is 34.0 Å². The maximum Gasteiger partial charge on any atom is 0.407 e. The monoisotopic (exact) mass is 598 g/mol. The summed E-state index contributed by atoms with van der Waals surface area (Å²) in [6.45, 7) is 1.22. The Morgan fingerprint density at radius 3 is 2.72 bits per heavy atom. The van der Waals surface area contributed by atoms with E-state index in [1.165, 1.54) is 10.9 Å². The van der Waals surface area contributed by atoms with Gasteiger partial charge in [-0.15, -0.1) is 0 Å². The lowest BCUT2D eigenvalue weighted by Crippen LogP contribution is -2.39. The maximum atomic E-state index is 12.7. The summed E-state index contributed by atoms with van der Waals surface area (Å²) < 4.78 is 18.3. The first-order valence-electron chi connectivity index (χ1n) is 14.7. The van der Waals surface area contributed by atoms with Gasteiger partial charge in [-0.2, -0.15) is 0 Å². The fraction of sp³-hybridized carbons (Fsp3) is 0.552. The number of carbonyl (C=O) groups excluding carboxylic acids is 2. The van der Waals surface area contributed by atoms with Crippen LogP contribution < -0.4 is 16.2 Å². The van der Waals surface area contributed by atoms with E-state index in [1.54, 1.807) is 0 Å². The first kappa shape index (κ1) is 30.6. The number of ether oxygens (including phenoxy) is 3.